The summed E-state index contributed by atoms with van der Waals surface area (Å²) < 4.78 is 0. The number of nitrogens with zero attached hydrogens (tertiary/aromatic N) is 1. The summed E-state index contributed by atoms with van der Waals surface area (Å²) >= 11 is 0. The average Bonchev–Trinajstić information content (AvgIpc) is 2.57. The van der Waals surface area contributed by atoms with Crippen molar-refractivity contribution >= 4 is 13.3 Å². The van der Waals surface area contributed by atoms with E-state index in [2.05, 4.69) is 36.1 Å². The van der Waals surface area contributed by atoms with E-state index in [-0.39, 0.29) is 12.2 Å². The van der Waals surface area contributed by atoms with Crippen molar-refractivity contribution in [1.29, 1.82) is 0 Å². The summed E-state index contributed by atoms with van der Waals surface area (Å²) in [7, 11) is -1.18. The number of nitrogens with two attached hydrogens (primary N) is 1. The molecule has 0 aliphatic rings. The fourth-order valence-electron chi connectivity index (χ4n) is 2.42. The highest BCUT2D eigenvalue weighted by Crippen LogP contribution is 2.09. The third-order valence-electron chi connectivity index (χ3n) is 3.80. The minimum absolute atomic E-state index is 0.200. The normalized spacial score (nSPS) is 11.4. The lowest BCUT2D eigenvalue weighted by Crippen LogP contribution is -2.30. The van der Waals surface area contributed by atoms with E-state index in [4.69, 9.17) is 25.4 Å². The van der Waals surface area contributed by atoms with Gasteiger partial charge in [0, 0.05) is 12.6 Å². The van der Waals surface area contributed by atoms with Gasteiger partial charge >= 0.3 is 13.3 Å². The molecule has 6 nitrogen and oxygen atoms in total. The quantitative estimate of drug-likeness (QED) is 0.415. The second-order valence-electron chi connectivity index (χ2n) is 5.75. The summed E-state index contributed by atoms with van der Waals surface area (Å²) in [5, 5.41) is 17.6. The monoisotopic (exact) mass is 336 g/mol. The largest absolute Gasteiger partial charge is 0.451 e. The molecule has 0 saturated heterocycles. The molecule has 1 atom stereocenters. The third-order valence-corrected chi connectivity index (χ3v) is 3.80. The first-order valence-corrected chi connectivity index (χ1v) is 8.40. The van der Waals surface area contributed by atoms with Crippen molar-refractivity contribution in [1.82, 2.24) is 4.90 Å². The Bertz CT molecular complexity index is 439. The molecule has 0 bridgehead atoms. The van der Waals surface area contributed by atoms with Crippen LogP contribution in [-0.2, 0) is 16.1 Å². The van der Waals surface area contributed by atoms with Gasteiger partial charge in [-0.05, 0) is 37.8 Å². The van der Waals surface area contributed by atoms with Crippen molar-refractivity contribution in [3.63, 3.8) is 0 Å². The fraction of sp³-hybridized carbons (Fsp3) is 0.588. The number of benzene rings is 1. The van der Waals surface area contributed by atoms with Crippen molar-refractivity contribution in [2.75, 3.05) is 13.1 Å². The Hall–Kier alpha value is -1.50. The van der Waals surface area contributed by atoms with Gasteiger partial charge in [-0.15, -0.1) is 0 Å². The molecule has 24 heavy (non-hydrogen) atoms. The van der Waals surface area contributed by atoms with Crippen LogP contribution in [0.15, 0.2) is 30.3 Å². The molecule has 1 unspecified atom stereocenters. The summed E-state index contributed by atoms with van der Waals surface area (Å²) in [6, 6.07) is 10.7. The van der Waals surface area contributed by atoms with E-state index in [1.54, 1.807) is 0 Å². The van der Waals surface area contributed by atoms with E-state index in [0.29, 0.717) is 6.32 Å². The molecule has 134 valence electrons. The molecule has 0 aliphatic carbocycles. The van der Waals surface area contributed by atoms with E-state index < -0.39 is 7.12 Å². The van der Waals surface area contributed by atoms with Crippen LogP contribution in [0.25, 0.3) is 0 Å². The molecule has 0 aliphatic heterocycles. The minimum atomic E-state index is -1.18. The molecule has 0 saturated carbocycles. The maximum absolute atomic E-state index is 8.78. The zero-order valence-corrected chi connectivity index (χ0v) is 14.4. The molecule has 1 aromatic carbocycles. The summed E-state index contributed by atoms with van der Waals surface area (Å²) in [6.45, 7) is 5.19. The van der Waals surface area contributed by atoms with Crippen molar-refractivity contribution in [2.24, 2.45) is 5.73 Å². The molecule has 7 heteroatoms. The maximum Gasteiger partial charge on any atom is 0.451 e. The summed E-state index contributed by atoms with van der Waals surface area (Å²) in [6.07, 6.45) is 4.43. The van der Waals surface area contributed by atoms with Crippen LogP contribution in [0, 0.1) is 0 Å². The van der Waals surface area contributed by atoms with Gasteiger partial charge in [-0.25, -0.2) is 0 Å². The van der Waals surface area contributed by atoms with Crippen LogP contribution in [0.1, 0.15) is 38.2 Å². The van der Waals surface area contributed by atoms with Crippen LogP contribution in [0.4, 0.5) is 0 Å². The van der Waals surface area contributed by atoms with Crippen LogP contribution >= 0.6 is 0 Å². The van der Waals surface area contributed by atoms with Crippen molar-refractivity contribution in [3.8, 4) is 0 Å². The Morgan fingerprint density at radius 2 is 1.79 bits per heavy atom. The maximum atomic E-state index is 8.78. The Morgan fingerprint density at radius 3 is 2.33 bits per heavy atom. The highest BCUT2D eigenvalue weighted by Gasteiger charge is 2.09. The molecule has 1 rings (SSSR count). The topological polar surface area (TPSA) is 104 Å². The first-order chi connectivity index (χ1) is 11.5. The zero-order chi connectivity index (χ0) is 18.2. The molecule has 0 fully saturated rings. The number of unbranched alkanes of at least 4 members (excludes halogenated alkanes) is 1. The number of hydrogen-bond donors (Lipinski definition) is 3. The number of carbonyl (C=O) groups excluding carboxylic acids is 2. The predicted octanol–water partition coefficient (Wildman–Crippen LogP) is 1.29. The van der Waals surface area contributed by atoms with Crippen LogP contribution in [0.3, 0.4) is 0 Å². The van der Waals surface area contributed by atoms with Crippen LogP contribution in [0.5, 0.6) is 0 Å². The van der Waals surface area contributed by atoms with E-state index in [0.717, 1.165) is 45.3 Å². The lowest BCUT2D eigenvalue weighted by Gasteiger charge is -2.22. The molecule has 0 radical (unpaired) electrons. The molecule has 0 heterocycles. The van der Waals surface area contributed by atoms with Crippen LogP contribution in [0.2, 0.25) is 6.32 Å². The van der Waals surface area contributed by atoms with Gasteiger partial charge in [0.15, 0.2) is 0 Å². The lowest BCUT2D eigenvalue weighted by atomic mass is 9.83. The molecule has 0 amide bonds. The standard InChI is InChI=1S/C16H29BN2O2.CO2/c1-2-19(14-15-8-4-3-5-9-15)13-11-16(18)10-6-7-12-17(20)21;2-1-3/h3-5,8-9,16,20-21H,2,6-7,10-14,18H2,1H3;. The SMILES string of the molecule is CCN(CCC(N)CCCCB(O)O)Cc1ccccc1.O=C=O. The zero-order valence-electron chi connectivity index (χ0n) is 14.4. The number of hydrogen-bond acceptors (Lipinski definition) is 6. The van der Waals surface area contributed by atoms with E-state index in [1.807, 2.05) is 6.07 Å². The minimum Gasteiger partial charge on any atom is -0.427 e. The third kappa shape index (κ3) is 13.0. The molecular formula is C17H29BN2O4. The predicted molar refractivity (Wildman–Crippen MR) is 93.8 cm³/mol. The van der Waals surface area contributed by atoms with Crippen molar-refractivity contribution in [2.45, 2.75) is 51.5 Å². The van der Waals surface area contributed by atoms with Gasteiger partial charge in [0.25, 0.3) is 0 Å². The van der Waals surface area contributed by atoms with E-state index in [1.165, 1.54) is 5.56 Å². The Kier molecular flexibility index (Phi) is 14.1. The second-order valence-corrected chi connectivity index (χ2v) is 5.75. The Morgan fingerprint density at radius 1 is 1.17 bits per heavy atom. The fourth-order valence-corrected chi connectivity index (χ4v) is 2.42. The van der Waals surface area contributed by atoms with Crippen LogP contribution in [-0.4, -0.2) is 47.3 Å². The van der Waals surface area contributed by atoms with Gasteiger partial charge < -0.3 is 15.8 Å². The number of rotatable bonds is 11. The molecule has 1 aromatic rings. The summed E-state index contributed by atoms with van der Waals surface area (Å²) in [5.41, 5.74) is 7.47. The molecular weight excluding hydrogens is 307 g/mol. The van der Waals surface area contributed by atoms with Gasteiger partial charge in [-0.2, -0.15) is 9.59 Å². The van der Waals surface area contributed by atoms with Gasteiger partial charge in [-0.1, -0.05) is 50.1 Å². The highest BCUT2D eigenvalue weighted by atomic mass is 16.4. The average molecular weight is 336 g/mol. The second kappa shape index (κ2) is 15.1. The van der Waals surface area contributed by atoms with E-state index >= 15 is 0 Å². The Labute approximate surface area is 144 Å². The van der Waals surface area contributed by atoms with Gasteiger partial charge in [0.2, 0.25) is 0 Å². The Balaban J connectivity index is 0.00000163. The van der Waals surface area contributed by atoms with Crippen molar-refractivity contribution < 1.29 is 19.6 Å². The van der Waals surface area contributed by atoms with Crippen LogP contribution < -0.4 is 5.73 Å². The van der Waals surface area contributed by atoms with Gasteiger partial charge in [0.05, 0.1) is 0 Å². The van der Waals surface area contributed by atoms with Crippen molar-refractivity contribution in [3.05, 3.63) is 35.9 Å². The molecule has 0 aromatic heterocycles. The summed E-state index contributed by atoms with van der Waals surface area (Å²) in [5.74, 6) is 0. The van der Waals surface area contributed by atoms with E-state index in [9.17, 15) is 0 Å². The molecule has 0 spiro atoms. The van der Waals surface area contributed by atoms with Gasteiger partial charge in [0.1, 0.15) is 0 Å². The first-order valence-electron chi connectivity index (χ1n) is 8.40. The first kappa shape index (κ1) is 22.5. The highest BCUT2D eigenvalue weighted by molar-refractivity contribution is 6.40. The lowest BCUT2D eigenvalue weighted by molar-refractivity contribution is -0.191. The smallest absolute Gasteiger partial charge is 0.427 e. The molecule has 4 N–H and O–H groups in total. The summed E-state index contributed by atoms with van der Waals surface area (Å²) in [4.78, 5) is 18.7. The van der Waals surface area contributed by atoms with Gasteiger partial charge in [-0.3, -0.25) is 4.90 Å².